The lowest BCUT2D eigenvalue weighted by atomic mass is 10.1. The molecular formula is C13H14N2S. The maximum absolute atomic E-state index is 5.98. The van der Waals surface area contributed by atoms with E-state index in [1.807, 2.05) is 12.1 Å². The first-order chi connectivity index (χ1) is 7.83. The minimum absolute atomic E-state index is 0.935. The molecule has 0 unspecified atom stereocenters. The Balaban J connectivity index is 1.78. The van der Waals surface area contributed by atoms with Crippen molar-refractivity contribution in [3.63, 3.8) is 0 Å². The Bertz CT molecular complexity index is 491. The fourth-order valence-corrected chi connectivity index (χ4v) is 2.93. The van der Waals surface area contributed by atoms with Crippen LogP contribution in [0.3, 0.4) is 0 Å². The van der Waals surface area contributed by atoms with Gasteiger partial charge in [0.2, 0.25) is 0 Å². The second kappa shape index (κ2) is 3.92. The minimum Gasteiger partial charge on any atom is -0.398 e. The zero-order valence-corrected chi connectivity index (χ0v) is 9.83. The van der Waals surface area contributed by atoms with E-state index < -0.39 is 0 Å². The molecule has 3 rings (SSSR count). The molecule has 1 aliphatic rings. The van der Waals surface area contributed by atoms with Crippen LogP contribution in [0, 0.1) is 0 Å². The molecule has 2 heterocycles. The van der Waals surface area contributed by atoms with Crippen LogP contribution in [-0.2, 0) is 19.6 Å². The van der Waals surface area contributed by atoms with E-state index >= 15 is 0 Å². The minimum atomic E-state index is 0.935. The molecule has 0 radical (unpaired) electrons. The summed E-state index contributed by atoms with van der Waals surface area (Å²) in [5.41, 5.74) is 11.0. The van der Waals surface area contributed by atoms with E-state index in [-0.39, 0.29) is 0 Å². The van der Waals surface area contributed by atoms with Gasteiger partial charge in [0.1, 0.15) is 0 Å². The van der Waals surface area contributed by atoms with E-state index in [1.54, 1.807) is 11.3 Å². The average Bonchev–Trinajstić information content (AvgIpc) is 2.88. The topological polar surface area (TPSA) is 29.3 Å². The molecule has 1 aromatic heterocycles. The molecule has 1 aromatic carbocycles. The van der Waals surface area contributed by atoms with Crippen LogP contribution in [-0.4, -0.2) is 4.90 Å². The molecule has 2 nitrogen and oxygen atoms in total. The summed E-state index contributed by atoms with van der Waals surface area (Å²) >= 11 is 1.76. The highest BCUT2D eigenvalue weighted by molar-refractivity contribution is 7.07. The summed E-state index contributed by atoms with van der Waals surface area (Å²) in [5.74, 6) is 0. The monoisotopic (exact) mass is 230 g/mol. The van der Waals surface area contributed by atoms with Crippen LogP contribution >= 0.6 is 11.3 Å². The Morgan fingerprint density at radius 3 is 2.94 bits per heavy atom. The molecule has 0 amide bonds. The van der Waals surface area contributed by atoms with E-state index in [4.69, 9.17) is 5.73 Å². The number of nitrogens with two attached hydrogens (primary N) is 1. The van der Waals surface area contributed by atoms with Gasteiger partial charge in [-0.05, 0) is 39.6 Å². The fraction of sp³-hybridized carbons (Fsp3) is 0.231. The number of hydrogen-bond donors (Lipinski definition) is 1. The summed E-state index contributed by atoms with van der Waals surface area (Å²) in [4.78, 5) is 2.43. The van der Waals surface area contributed by atoms with Crippen LogP contribution < -0.4 is 5.73 Å². The third-order valence-corrected chi connectivity index (χ3v) is 3.80. The average molecular weight is 230 g/mol. The second-order valence-electron chi connectivity index (χ2n) is 4.26. The van der Waals surface area contributed by atoms with Crippen molar-refractivity contribution in [3.05, 3.63) is 51.7 Å². The molecule has 3 heteroatoms. The molecule has 0 aliphatic carbocycles. The lowest BCUT2D eigenvalue weighted by molar-refractivity contribution is 0.276. The largest absolute Gasteiger partial charge is 0.398 e. The quantitative estimate of drug-likeness (QED) is 0.804. The maximum atomic E-state index is 5.98. The molecule has 0 spiro atoms. The van der Waals surface area contributed by atoms with Gasteiger partial charge in [-0.1, -0.05) is 12.1 Å². The highest BCUT2D eigenvalue weighted by Crippen LogP contribution is 2.28. The Kier molecular flexibility index (Phi) is 2.42. The number of benzene rings is 1. The number of nitrogen functional groups attached to an aromatic ring is 1. The van der Waals surface area contributed by atoms with Gasteiger partial charge in [-0.2, -0.15) is 11.3 Å². The number of rotatable bonds is 2. The van der Waals surface area contributed by atoms with Crippen LogP contribution in [0.4, 0.5) is 5.69 Å². The van der Waals surface area contributed by atoms with Gasteiger partial charge in [0, 0.05) is 25.3 Å². The predicted molar refractivity (Wildman–Crippen MR) is 68.1 cm³/mol. The van der Waals surface area contributed by atoms with E-state index in [9.17, 15) is 0 Å². The third-order valence-electron chi connectivity index (χ3n) is 3.07. The number of anilines is 1. The molecule has 2 N–H and O–H groups in total. The van der Waals surface area contributed by atoms with E-state index in [0.29, 0.717) is 0 Å². The Hall–Kier alpha value is -1.32. The van der Waals surface area contributed by atoms with Crippen molar-refractivity contribution in [1.82, 2.24) is 4.90 Å². The summed E-state index contributed by atoms with van der Waals surface area (Å²) < 4.78 is 0. The van der Waals surface area contributed by atoms with Crippen LogP contribution in [0.15, 0.2) is 35.0 Å². The number of fused-ring (bicyclic) bond motifs is 1. The van der Waals surface area contributed by atoms with Crippen LogP contribution in [0.25, 0.3) is 0 Å². The summed E-state index contributed by atoms with van der Waals surface area (Å²) in [6.45, 7) is 3.03. The first-order valence-electron chi connectivity index (χ1n) is 5.42. The summed E-state index contributed by atoms with van der Waals surface area (Å²) in [6, 6.07) is 8.41. The Labute approximate surface area is 99.3 Å². The van der Waals surface area contributed by atoms with E-state index in [2.05, 4.69) is 27.8 Å². The molecule has 0 fully saturated rings. The van der Waals surface area contributed by atoms with Gasteiger partial charge in [-0.15, -0.1) is 0 Å². The first-order valence-corrected chi connectivity index (χ1v) is 6.37. The normalized spacial score (nSPS) is 15.2. The maximum Gasteiger partial charge on any atom is 0.0363 e. The van der Waals surface area contributed by atoms with Crippen molar-refractivity contribution in [2.75, 3.05) is 5.73 Å². The van der Waals surface area contributed by atoms with Crippen molar-refractivity contribution in [2.45, 2.75) is 19.6 Å². The molecule has 2 aromatic rings. The smallest absolute Gasteiger partial charge is 0.0363 e. The van der Waals surface area contributed by atoms with Gasteiger partial charge >= 0.3 is 0 Å². The van der Waals surface area contributed by atoms with E-state index in [1.165, 1.54) is 16.7 Å². The van der Waals surface area contributed by atoms with Gasteiger partial charge < -0.3 is 5.73 Å². The highest BCUT2D eigenvalue weighted by atomic mass is 32.1. The van der Waals surface area contributed by atoms with Gasteiger partial charge in [0.05, 0.1) is 0 Å². The standard InChI is InChI=1S/C13H14N2S/c14-13-3-1-2-11-7-15(8-12(11)13)6-10-4-5-16-9-10/h1-5,9H,6-8,14H2. The summed E-state index contributed by atoms with van der Waals surface area (Å²) in [5, 5.41) is 4.35. The zero-order chi connectivity index (χ0) is 11.0. The Morgan fingerprint density at radius 2 is 2.19 bits per heavy atom. The molecule has 0 bridgehead atoms. The molecule has 1 aliphatic heterocycles. The second-order valence-corrected chi connectivity index (χ2v) is 5.04. The van der Waals surface area contributed by atoms with Crippen molar-refractivity contribution < 1.29 is 0 Å². The Morgan fingerprint density at radius 1 is 1.25 bits per heavy atom. The van der Waals surface area contributed by atoms with Crippen molar-refractivity contribution in [3.8, 4) is 0 Å². The van der Waals surface area contributed by atoms with Gasteiger partial charge in [-0.25, -0.2) is 0 Å². The van der Waals surface area contributed by atoms with E-state index in [0.717, 1.165) is 25.3 Å². The molecule has 0 atom stereocenters. The lowest BCUT2D eigenvalue weighted by Gasteiger charge is -2.13. The van der Waals surface area contributed by atoms with Crippen molar-refractivity contribution in [1.29, 1.82) is 0 Å². The number of nitrogens with zero attached hydrogens (tertiary/aromatic N) is 1. The van der Waals surface area contributed by atoms with Crippen molar-refractivity contribution in [2.24, 2.45) is 0 Å². The molecule has 16 heavy (non-hydrogen) atoms. The lowest BCUT2D eigenvalue weighted by Crippen LogP contribution is -2.15. The van der Waals surface area contributed by atoms with Gasteiger partial charge in [0.15, 0.2) is 0 Å². The van der Waals surface area contributed by atoms with Crippen molar-refractivity contribution >= 4 is 17.0 Å². The molecule has 0 saturated heterocycles. The van der Waals surface area contributed by atoms with Gasteiger partial charge in [0.25, 0.3) is 0 Å². The van der Waals surface area contributed by atoms with Gasteiger partial charge in [-0.3, -0.25) is 4.90 Å². The third kappa shape index (κ3) is 1.72. The highest BCUT2D eigenvalue weighted by Gasteiger charge is 2.20. The zero-order valence-electron chi connectivity index (χ0n) is 9.02. The van der Waals surface area contributed by atoms with Crippen LogP contribution in [0.2, 0.25) is 0 Å². The molecule has 82 valence electrons. The number of thiophene rings is 1. The number of hydrogen-bond acceptors (Lipinski definition) is 3. The molecular weight excluding hydrogens is 216 g/mol. The van der Waals surface area contributed by atoms with Crippen LogP contribution in [0.5, 0.6) is 0 Å². The fourth-order valence-electron chi connectivity index (χ4n) is 2.27. The first kappa shape index (κ1) is 9.87. The summed E-state index contributed by atoms with van der Waals surface area (Å²) in [6.07, 6.45) is 0. The SMILES string of the molecule is Nc1cccc2c1CN(Cc1ccsc1)C2. The predicted octanol–water partition coefficient (Wildman–Crippen LogP) is 2.85. The van der Waals surface area contributed by atoms with Crippen LogP contribution in [0.1, 0.15) is 16.7 Å². The summed E-state index contributed by atoms with van der Waals surface area (Å²) in [7, 11) is 0. The molecule has 0 saturated carbocycles.